The van der Waals surface area contributed by atoms with Crippen LogP contribution in [0.3, 0.4) is 0 Å². The number of benzene rings is 1. The van der Waals surface area contributed by atoms with Crippen molar-refractivity contribution >= 4 is 17.9 Å². The molecule has 0 aliphatic carbocycles. The molecular weight excluding hydrogens is 276 g/mol. The number of rotatable bonds is 6. The lowest BCUT2D eigenvalue weighted by atomic mass is 10.1. The molecule has 0 aromatic heterocycles. The summed E-state index contributed by atoms with van der Waals surface area (Å²) in [6, 6.07) is 4.00. The number of hydrogen-bond donors (Lipinski definition) is 0. The van der Waals surface area contributed by atoms with Gasteiger partial charge >= 0.3 is 17.9 Å². The Bertz CT molecular complexity index is 446. The summed E-state index contributed by atoms with van der Waals surface area (Å²) in [7, 11) is 0. The first-order chi connectivity index (χ1) is 10.0. The largest absolute Gasteiger partial charge is 0.462 e. The van der Waals surface area contributed by atoms with Crippen molar-refractivity contribution < 1.29 is 28.6 Å². The highest BCUT2D eigenvalue weighted by Crippen LogP contribution is 2.14. The highest BCUT2D eigenvalue weighted by Gasteiger charge is 2.18. The van der Waals surface area contributed by atoms with Crippen LogP contribution in [0.15, 0.2) is 18.2 Å². The van der Waals surface area contributed by atoms with Crippen molar-refractivity contribution in [1.82, 2.24) is 0 Å². The molecule has 21 heavy (non-hydrogen) atoms. The lowest BCUT2D eigenvalue weighted by molar-refractivity contribution is 0.0524. The van der Waals surface area contributed by atoms with Crippen molar-refractivity contribution in [1.29, 1.82) is 0 Å². The third-order valence-electron chi connectivity index (χ3n) is 2.47. The van der Waals surface area contributed by atoms with Gasteiger partial charge in [-0.2, -0.15) is 0 Å². The first kappa shape index (κ1) is 16.7. The van der Waals surface area contributed by atoms with E-state index in [0.717, 1.165) is 0 Å². The molecule has 0 amide bonds. The molecule has 0 heterocycles. The van der Waals surface area contributed by atoms with Gasteiger partial charge in [0.2, 0.25) is 0 Å². The van der Waals surface area contributed by atoms with E-state index >= 15 is 0 Å². The molecule has 0 aliphatic heterocycles. The van der Waals surface area contributed by atoms with Crippen LogP contribution in [-0.4, -0.2) is 37.7 Å². The van der Waals surface area contributed by atoms with Crippen molar-refractivity contribution in [3.05, 3.63) is 34.9 Å². The van der Waals surface area contributed by atoms with Gasteiger partial charge < -0.3 is 14.2 Å². The SMILES string of the molecule is CCOC(=O)c1cc(C(=O)OCC)cc(C(=O)OCC)c1. The maximum Gasteiger partial charge on any atom is 0.338 e. The molecule has 1 rings (SSSR count). The molecule has 0 unspecified atom stereocenters. The zero-order valence-corrected chi connectivity index (χ0v) is 12.3. The lowest BCUT2D eigenvalue weighted by Crippen LogP contribution is -2.13. The molecule has 1 aromatic carbocycles. The average molecular weight is 294 g/mol. The van der Waals surface area contributed by atoms with E-state index < -0.39 is 17.9 Å². The van der Waals surface area contributed by atoms with Crippen LogP contribution in [0.1, 0.15) is 51.8 Å². The Morgan fingerprint density at radius 2 is 0.905 bits per heavy atom. The van der Waals surface area contributed by atoms with Gasteiger partial charge in [0.25, 0.3) is 0 Å². The Kier molecular flexibility index (Phi) is 6.39. The Morgan fingerprint density at radius 3 is 1.10 bits per heavy atom. The van der Waals surface area contributed by atoms with Gasteiger partial charge in [-0.15, -0.1) is 0 Å². The molecule has 6 heteroatoms. The van der Waals surface area contributed by atoms with E-state index in [1.165, 1.54) is 18.2 Å². The molecule has 1 aromatic rings. The molecule has 0 spiro atoms. The number of carbonyl (C=O) groups is 3. The molecule has 0 saturated carbocycles. The summed E-state index contributed by atoms with van der Waals surface area (Å²) in [6.07, 6.45) is 0. The molecule has 0 aliphatic rings. The van der Waals surface area contributed by atoms with E-state index in [4.69, 9.17) is 14.2 Å². The maximum absolute atomic E-state index is 11.8. The monoisotopic (exact) mass is 294 g/mol. The van der Waals surface area contributed by atoms with Crippen LogP contribution in [0.4, 0.5) is 0 Å². The molecule has 0 saturated heterocycles. The first-order valence-electron chi connectivity index (χ1n) is 6.69. The number of esters is 3. The van der Waals surface area contributed by atoms with E-state index in [1.807, 2.05) is 0 Å². The molecule has 114 valence electrons. The van der Waals surface area contributed by atoms with Crippen molar-refractivity contribution in [3.8, 4) is 0 Å². The standard InChI is InChI=1S/C15H18O6/c1-4-19-13(16)10-7-11(14(17)20-5-2)9-12(8-10)15(18)21-6-3/h7-9H,4-6H2,1-3H3. The summed E-state index contributed by atoms with van der Waals surface area (Å²) in [5.41, 5.74) is 0.307. The zero-order chi connectivity index (χ0) is 15.8. The van der Waals surface area contributed by atoms with Crippen LogP contribution >= 0.6 is 0 Å². The minimum absolute atomic E-state index is 0.102. The second-order valence-electron chi connectivity index (χ2n) is 3.96. The minimum Gasteiger partial charge on any atom is -0.462 e. The van der Waals surface area contributed by atoms with Crippen LogP contribution < -0.4 is 0 Å². The smallest absolute Gasteiger partial charge is 0.338 e. The molecule has 0 radical (unpaired) electrons. The van der Waals surface area contributed by atoms with Crippen molar-refractivity contribution in [2.45, 2.75) is 20.8 Å². The second kappa shape index (κ2) is 8.04. The molecule has 0 atom stereocenters. The maximum atomic E-state index is 11.8. The van der Waals surface area contributed by atoms with Crippen molar-refractivity contribution in [2.75, 3.05) is 19.8 Å². The number of hydrogen-bond acceptors (Lipinski definition) is 6. The molecule has 0 N–H and O–H groups in total. The fourth-order valence-corrected chi connectivity index (χ4v) is 1.62. The molecular formula is C15H18O6. The summed E-state index contributed by atoms with van der Waals surface area (Å²) in [6.45, 7) is 5.57. The summed E-state index contributed by atoms with van der Waals surface area (Å²) in [5, 5.41) is 0. The summed E-state index contributed by atoms with van der Waals surface area (Å²) >= 11 is 0. The zero-order valence-electron chi connectivity index (χ0n) is 12.3. The third-order valence-corrected chi connectivity index (χ3v) is 2.47. The van der Waals surface area contributed by atoms with Crippen LogP contribution in [0, 0.1) is 0 Å². The van der Waals surface area contributed by atoms with Crippen LogP contribution in [0.25, 0.3) is 0 Å². The molecule has 6 nitrogen and oxygen atoms in total. The predicted octanol–water partition coefficient (Wildman–Crippen LogP) is 2.22. The Morgan fingerprint density at radius 1 is 0.667 bits per heavy atom. The Balaban J connectivity index is 3.22. The quantitative estimate of drug-likeness (QED) is 0.591. The van der Waals surface area contributed by atoms with Gasteiger partial charge in [0, 0.05) is 0 Å². The summed E-state index contributed by atoms with van der Waals surface area (Å²) in [5.74, 6) is -1.85. The Labute approximate surface area is 123 Å². The normalized spacial score (nSPS) is 9.86. The van der Waals surface area contributed by atoms with Crippen LogP contribution in [0.2, 0.25) is 0 Å². The van der Waals surface area contributed by atoms with E-state index in [0.29, 0.717) is 0 Å². The van der Waals surface area contributed by atoms with E-state index in [9.17, 15) is 14.4 Å². The van der Waals surface area contributed by atoms with Gasteiger partial charge in [0.15, 0.2) is 0 Å². The van der Waals surface area contributed by atoms with Gasteiger partial charge in [-0.25, -0.2) is 14.4 Å². The Hall–Kier alpha value is -2.37. The molecule has 0 fully saturated rings. The first-order valence-corrected chi connectivity index (χ1v) is 6.69. The van der Waals surface area contributed by atoms with Gasteiger partial charge in [0.1, 0.15) is 0 Å². The van der Waals surface area contributed by atoms with Gasteiger partial charge in [-0.1, -0.05) is 0 Å². The topological polar surface area (TPSA) is 78.9 Å². The van der Waals surface area contributed by atoms with E-state index in [1.54, 1.807) is 20.8 Å². The van der Waals surface area contributed by atoms with Crippen molar-refractivity contribution in [2.24, 2.45) is 0 Å². The third kappa shape index (κ3) is 4.59. The summed E-state index contributed by atoms with van der Waals surface area (Å²) < 4.78 is 14.6. The van der Waals surface area contributed by atoms with Crippen molar-refractivity contribution in [3.63, 3.8) is 0 Å². The van der Waals surface area contributed by atoms with Gasteiger partial charge in [-0.3, -0.25) is 0 Å². The van der Waals surface area contributed by atoms with Crippen LogP contribution in [-0.2, 0) is 14.2 Å². The number of carbonyl (C=O) groups excluding carboxylic acids is 3. The highest BCUT2D eigenvalue weighted by atomic mass is 16.5. The fraction of sp³-hybridized carbons (Fsp3) is 0.400. The summed E-state index contributed by atoms with van der Waals surface area (Å²) in [4.78, 5) is 35.4. The van der Waals surface area contributed by atoms with Gasteiger partial charge in [0.05, 0.1) is 36.5 Å². The van der Waals surface area contributed by atoms with Gasteiger partial charge in [-0.05, 0) is 39.0 Å². The van der Waals surface area contributed by atoms with Crippen LogP contribution in [0.5, 0.6) is 0 Å². The minimum atomic E-state index is -0.616. The lowest BCUT2D eigenvalue weighted by Gasteiger charge is -2.08. The van der Waals surface area contributed by atoms with E-state index in [2.05, 4.69) is 0 Å². The molecule has 0 bridgehead atoms. The second-order valence-corrected chi connectivity index (χ2v) is 3.96. The van der Waals surface area contributed by atoms with E-state index in [-0.39, 0.29) is 36.5 Å². The highest BCUT2D eigenvalue weighted by molar-refractivity contribution is 6.00. The average Bonchev–Trinajstić information content (AvgIpc) is 2.47. The predicted molar refractivity (Wildman–Crippen MR) is 74.3 cm³/mol. The fourth-order valence-electron chi connectivity index (χ4n) is 1.62. The number of ether oxygens (including phenoxy) is 3.